The van der Waals surface area contributed by atoms with Crippen LogP contribution in [0.1, 0.15) is 30.4 Å². The molecule has 8 rings (SSSR count). The van der Waals surface area contributed by atoms with E-state index in [-0.39, 0.29) is 29.6 Å². The molecule has 3 aromatic carbocycles. The van der Waals surface area contributed by atoms with Gasteiger partial charge in [0, 0.05) is 77.4 Å². The minimum Gasteiger partial charge on any atom is -0.486 e. The van der Waals surface area contributed by atoms with Gasteiger partial charge in [-0.3, -0.25) is 9.59 Å². The molecule has 3 aliphatic rings. The van der Waals surface area contributed by atoms with Crippen molar-refractivity contribution in [2.45, 2.75) is 24.7 Å². The van der Waals surface area contributed by atoms with Crippen molar-refractivity contribution in [2.24, 2.45) is 5.92 Å². The van der Waals surface area contributed by atoms with Crippen LogP contribution in [0.4, 0.5) is 5.69 Å². The number of fused-ring (bicyclic) bond motifs is 3. The molecule has 1 unspecified atom stereocenters. The molecule has 0 spiro atoms. The van der Waals surface area contributed by atoms with E-state index in [9.17, 15) is 9.59 Å². The van der Waals surface area contributed by atoms with Gasteiger partial charge in [-0.1, -0.05) is 36.4 Å². The summed E-state index contributed by atoms with van der Waals surface area (Å²) in [6.07, 6.45) is 6.14. The van der Waals surface area contributed by atoms with Crippen molar-refractivity contribution in [1.82, 2.24) is 14.9 Å². The normalized spacial score (nSPS) is 20.0. The summed E-state index contributed by atoms with van der Waals surface area (Å²) in [4.78, 5) is 37.6. The number of aromatic nitrogens is 2. The molecule has 2 N–H and O–H groups in total. The number of ether oxygens (including phenoxy) is 2. The molecule has 2 amide bonds. The zero-order valence-corrected chi connectivity index (χ0v) is 23.3. The van der Waals surface area contributed by atoms with Crippen LogP contribution < -0.4 is 14.4 Å². The highest BCUT2D eigenvalue weighted by Gasteiger charge is 2.44. The van der Waals surface area contributed by atoms with Crippen molar-refractivity contribution >= 4 is 39.3 Å². The second-order valence-corrected chi connectivity index (χ2v) is 11.6. The highest BCUT2D eigenvalue weighted by Crippen LogP contribution is 2.47. The van der Waals surface area contributed by atoms with Crippen molar-refractivity contribution in [1.29, 1.82) is 0 Å². The number of H-pyrrole nitrogens is 2. The number of piperidine rings is 1. The lowest BCUT2D eigenvalue weighted by Crippen LogP contribution is -2.47. The number of aromatic amines is 2. The Bertz CT molecular complexity index is 1750. The van der Waals surface area contributed by atoms with Crippen molar-refractivity contribution in [2.75, 3.05) is 37.7 Å². The van der Waals surface area contributed by atoms with Gasteiger partial charge in [0.1, 0.15) is 13.2 Å². The lowest BCUT2D eigenvalue weighted by molar-refractivity contribution is -0.137. The monoisotopic (exact) mass is 560 g/mol. The van der Waals surface area contributed by atoms with E-state index in [4.69, 9.17) is 9.47 Å². The standard InChI is InChI=1S/C34H32N4O4/c39-32-17-22(21-38(32)23-9-10-30-31(18-23)42-16-15-41-30)33(40)37-13-11-34(12-14-37,26-19-35-28-7-3-1-5-24(26)28)27-20-36-29-8-4-2-6-25(27)29/h1-10,18-20,22,35-36H,11-17,21H2. The van der Waals surface area contributed by atoms with Crippen LogP contribution in [0.15, 0.2) is 79.1 Å². The second kappa shape index (κ2) is 9.69. The molecule has 5 aromatic rings. The van der Waals surface area contributed by atoms with Crippen LogP contribution in [0.3, 0.4) is 0 Å². The largest absolute Gasteiger partial charge is 0.486 e. The molecule has 42 heavy (non-hydrogen) atoms. The molecule has 3 aliphatic heterocycles. The number of benzene rings is 3. The van der Waals surface area contributed by atoms with E-state index in [0.29, 0.717) is 44.3 Å². The number of carbonyl (C=O) groups is 2. The summed E-state index contributed by atoms with van der Waals surface area (Å²) in [7, 11) is 0. The van der Waals surface area contributed by atoms with E-state index < -0.39 is 0 Å². The maximum absolute atomic E-state index is 13.9. The van der Waals surface area contributed by atoms with E-state index in [0.717, 1.165) is 29.6 Å². The fraction of sp³-hybridized carbons (Fsp3) is 0.294. The van der Waals surface area contributed by atoms with Crippen LogP contribution >= 0.6 is 0 Å². The third-order valence-corrected chi connectivity index (χ3v) is 9.45. The van der Waals surface area contributed by atoms with Gasteiger partial charge < -0.3 is 29.2 Å². The average Bonchev–Trinajstić information content (AvgIpc) is 3.78. The van der Waals surface area contributed by atoms with Gasteiger partial charge in [-0.25, -0.2) is 0 Å². The van der Waals surface area contributed by atoms with Crippen molar-refractivity contribution in [3.63, 3.8) is 0 Å². The fourth-order valence-electron chi connectivity index (χ4n) is 7.31. The summed E-state index contributed by atoms with van der Waals surface area (Å²) in [5.74, 6) is 0.998. The molecule has 0 saturated carbocycles. The average molecular weight is 561 g/mol. The summed E-state index contributed by atoms with van der Waals surface area (Å²) >= 11 is 0. The summed E-state index contributed by atoms with van der Waals surface area (Å²) < 4.78 is 11.4. The van der Waals surface area contributed by atoms with Crippen LogP contribution in [-0.2, 0) is 15.0 Å². The van der Waals surface area contributed by atoms with E-state index in [1.807, 2.05) is 23.1 Å². The third-order valence-electron chi connectivity index (χ3n) is 9.45. The first-order valence-corrected chi connectivity index (χ1v) is 14.7. The van der Waals surface area contributed by atoms with E-state index in [1.54, 1.807) is 4.90 Å². The maximum Gasteiger partial charge on any atom is 0.228 e. The van der Waals surface area contributed by atoms with Gasteiger partial charge in [-0.05, 0) is 48.2 Å². The van der Waals surface area contributed by atoms with Gasteiger partial charge in [0.15, 0.2) is 11.5 Å². The summed E-state index contributed by atoms with van der Waals surface area (Å²) in [6.45, 7) is 2.64. The molecule has 5 heterocycles. The number of carbonyl (C=O) groups excluding carboxylic acids is 2. The van der Waals surface area contributed by atoms with Gasteiger partial charge in [0.25, 0.3) is 0 Å². The number of hydrogen-bond donors (Lipinski definition) is 2. The van der Waals surface area contributed by atoms with Gasteiger partial charge in [-0.2, -0.15) is 0 Å². The van der Waals surface area contributed by atoms with Crippen LogP contribution in [0, 0.1) is 5.92 Å². The number of amides is 2. The molecule has 212 valence electrons. The SMILES string of the molecule is O=C(C1CC(=O)N(c2ccc3c(c2)OCCO3)C1)N1CCC(c2c[nH]c3ccccc23)(c2c[nH]c3ccccc23)CC1. The van der Waals surface area contributed by atoms with Crippen LogP contribution in [-0.4, -0.2) is 59.5 Å². The molecule has 0 bridgehead atoms. The fourth-order valence-corrected chi connectivity index (χ4v) is 7.31. The van der Waals surface area contributed by atoms with Crippen molar-refractivity contribution in [3.8, 4) is 11.5 Å². The molecular formula is C34H32N4O4. The van der Waals surface area contributed by atoms with Crippen LogP contribution in [0.5, 0.6) is 11.5 Å². The molecule has 0 radical (unpaired) electrons. The highest BCUT2D eigenvalue weighted by atomic mass is 16.6. The number of hydrogen-bond acceptors (Lipinski definition) is 4. The van der Waals surface area contributed by atoms with Crippen molar-refractivity contribution < 1.29 is 19.1 Å². The Balaban J connectivity index is 1.06. The molecular weight excluding hydrogens is 528 g/mol. The van der Waals surface area contributed by atoms with Gasteiger partial charge in [0.05, 0.1) is 5.92 Å². The number of para-hydroxylation sites is 2. The Morgan fingerprint density at radius 3 is 2.10 bits per heavy atom. The highest BCUT2D eigenvalue weighted by molar-refractivity contribution is 6.00. The Morgan fingerprint density at radius 1 is 0.810 bits per heavy atom. The molecule has 0 aliphatic carbocycles. The lowest BCUT2D eigenvalue weighted by Gasteiger charge is -2.43. The number of anilines is 1. The lowest BCUT2D eigenvalue weighted by atomic mass is 9.67. The summed E-state index contributed by atoms with van der Waals surface area (Å²) in [6, 6.07) is 22.4. The molecule has 1 atom stereocenters. The third kappa shape index (κ3) is 3.89. The Kier molecular flexibility index (Phi) is 5.77. The molecule has 2 aromatic heterocycles. The van der Waals surface area contributed by atoms with Crippen LogP contribution in [0.25, 0.3) is 21.8 Å². The van der Waals surface area contributed by atoms with E-state index in [1.165, 1.54) is 21.9 Å². The Hall–Kier alpha value is -4.72. The van der Waals surface area contributed by atoms with E-state index >= 15 is 0 Å². The second-order valence-electron chi connectivity index (χ2n) is 11.6. The van der Waals surface area contributed by atoms with Gasteiger partial charge in [-0.15, -0.1) is 0 Å². The number of rotatable bonds is 4. The van der Waals surface area contributed by atoms with Gasteiger partial charge >= 0.3 is 0 Å². The zero-order valence-electron chi connectivity index (χ0n) is 23.3. The zero-order chi connectivity index (χ0) is 28.3. The number of nitrogens with one attached hydrogen (secondary N) is 2. The number of nitrogens with zero attached hydrogens (tertiary/aromatic N) is 2. The minimum absolute atomic E-state index is 0.0334. The quantitative estimate of drug-likeness (QED) is 0.309. The smallest absolute Gasteiger partial charge is 0.228 e. The topological polar surface area (TPSA) is 90.7 Å². The van der Waals surface area contributed by atoms with Crippen LogP contribution in [0.2, 0.25) is 0 Å². The molecule has 2 saturated heterocycles. The molecule has 8 heteroatoms. The maximum atomic E-state index is 13.9. The Morgan fingerprint density at radius 2 is 1.43 bits per heavy atom. The molecule has 8 nitrogen and oxygen atoms in total. The summed E-state index contributed by atoms with van der Waals surface area (Å²) in [5.41, 5.74) is 5.28. The molecule has 2 fully saturated rings. The van der Waals surface area contributed by atoms with Gasteiger partial charge in [0.2, 0.25) is 11.8 Å². The van der Waals surface area contributed by atoms with Crippen molar-refractivity contribution in [3.05, 3.63) is 90.3 Å². The number of likely N-dealkylation sites (tertiary alicyclic amines) is 1. The first kappa shape index (κ1) is 25.0. The predicted molar refractivity (Wildman–Crippen MR) is 161 cm³/mol. The van der Waals surface area contributed by atoms with E-state index in [2.05, 4.69) is 70.9 Å². The minimum atomic E-state index is -0.362. The summed E-state index contributed by atoms with van der Waals surface area (Å²) in [5, 5.41) is 2.44. The predicted octanol–water partition coefficient (Wildman–Crippen LogP) is 5.38. The first-order chi connectivity index (χ1) is 20.6. The Labute approximate surface area is 243 Å². The first-order valence-electron chi connectivity index (χ1n) is 14.7.